The van der Waals surface area contributed by atoms with Gasteiger partial charge in [-0.1, -0.05) is 25.5 Å². The molecule has 0 bridgehead atoms. The Morgan fingerprint density at radius 2 is 1.57 bits per heavy atom. The molecule has 0 aliphatic carbocycles. The Bertz CT molecular complexity index is 1210. The molecule has 2 aromatic rings. The Hall–Kier alpha value is -3.53. The number of ether oxygens (including phenoxy) is 1. The molecule has 1 atom stereocenters. The van der Waals surface area contributed by atoms with Crippen molar-refractivity contribution in [3.63, 3.8) is 0 Å². The number of carbonyl (C=O) groups is 2. The van der Waals surface area contributed by atoms with Gasteiger partial charge in [0.1, 0.15) is 11.8 Å². The highest BCUT2D eigenvalue weighted by Crippen LogP contribution is 2.23. The molecule has 2 amide bonds. The third kappa shape index (κ3) is 12.6. The van der Waals surface area contributed by atoms with Gasteiger partial charge in [-0.15, -0.1) is 0 Å². The highest BCUT2D eigenvalue weighted by Gasteiger charge is 2.28. The van der Waals surface area contributed by atoms with Gasteiger partial charge in [0.05, 0.1) is 28.1 Å². The zero-order valence-corrected chi connectivity index (χ0v) is 27.5. The molecule has 13 nitrogen and oxygen atoms in total. The van der Waals surface area contributed by atoms with E-state index in [2.05, 4.69) is 17.2 Å². The lowest BCUT2D eigenvalue weighted by Gasteiger charge is -2.22. The van der Waals surface area contributed by atoms with Crippen LogP contribution in [0.4, 0.5) is 11.4 Å². The number of nitrogens with one attached hydrogen (secondary N) is 2. The molecule has 2 N–H and O–H groups in total. The second-order valence-electron chi connectivity index (χ2n) is 10.2. The molecule has 0 aliphatic heterocycles. The van der Waals surface area contributed by atoms with Gasteiger partial charge >= 0.3 is 8.56 Å². The van der Waals surface area contributed by atoms with E-state index in [1.165, 1.54) is 0 Å². The summed E-state index contributed by atoms with van der Waals surface area (Å²) in [5, 5.41) is 27.9. The van der Waals surface area contributed by atoms with Gasteiger partial charge in [-0.25, -0.2) is 0 Å². The molecule has 0 heterocycles. The summed E-state index contributed by atoms with van der Waals surface area (Å²) in [6, 6.07) is 9.78. The molecular weight excluding hydrogens is 608 g/mol. The molecule has 15 heteroatoms. The number of non-ortho nitro benzene ring substituents is 2. The SMILES string of the molecule is CCCCNC(=O)C(Cc1ccc(OCCCSCCC[Si](C)(OC)OC)cc1)NC(=O)c1cc([N+](=O)[O-])cc([N+](=O)[O-])c1. The van der Waals surface area contributed by atoms with E-state index in [9.17, 15) is 29.8 Å². The van der Waals surface area contributed by atoms with Gasteiger partial charge in [0.15, 0.2) is 0 Å². The summed E-state index contributed by atoms with van der Waals surface area (Å²) in [6.07, 6.45) is 3.67. The number of unbranched alkanes of at least 4 members (excludes halogenated alkanes) is 1. The van der Waals surface area contributed by atoms with Gasteiger partial charge in [-0.05, 0) is 61.1 Å². The molecule has 2 rings (SSSR count). The molecule has 0 aromatic heterocycles. The highest BCUT2D eigenvalue weighted by atomic mass is 32.2. The smallest absolute Gasteiger partial charge is 0.334 e. The van der Waals surface area contributed by atoms with Crippen LogP contribution >= 0.6 is 11.8 Å². The van der Waals surface area contributed by atoms with E-state index in [-0.39, 0.29) is 12.0 Å². The number of benzene rings is 2. The molecule has 44 heavy (non-hydrogen) atoms. The number of nitro groups is 2. The minimum absolute atomic E-state index is 0.131. The Balaban J connectivity index is 1.96. The van der Waals surface area contributed by atoms with Crippen molar-refractivity contribution in [1.82, 2.24) is 10.6 Å². The molecule has 0 aliphatic rings. The molecule has 1 unspecified atom stereocenters. The topological polar surface area (TPSA) is 172 Å². The van der Waals surface area contributed by atoms with Crippen LogP contribution in [0.1, 0.15) is 48.5 Å². The summed E-state index contributed by atoms with van der Waals surface area (Å²) < 4.78 is 16.9. The summed E-state index contributed by atoms with van der Waals surface area (Å²) in [4.78, 5) is 46.9. The average Bonchev–Trinajstić information content (AvgIpc) is 3.02. The van der Waals surface area contributed by atoms with Crippen LogP contribution < -0.4 is 15.4 Å². The van der Waals surface area contributed by atoms with Gasteiger partial charge < -0.3 is 24.2 Å². The Kier molecular flexibility index (Phi) is 15.8. The van der Waals surface area contributed by atoms with Crippen molar-refractivity contribution in [3.05, 3.63) is 73.8 Å². The van der Waals surface area contributed by atoms with E-state index in [0.717, 1.165) is 67.0 Å². The molecule has 0 saturated carbocycles. The first-order valence-corrected chi connectivity index (χ1v) is 18.1. The summed E-state index contributed by atoms with van der Waals surface area (Å²) in [5.41, 5.74) is -0.734. The maximum Gasteiger partial charge on any atom is 0.334 e. The number of thioether (sulfide) groups is 1. The minimum atomic E-state index is -2.01. The van der Waals surface area contributed by atoms with Crippen molar-refractivity contribution in [2.24, 2.45) is 0 Å². The quantitative estimate of drug-likeness (QED) is 0.0809. The lowest BCUT2D eigenvalue weighted by atomic mass is 10.0. The normalized spacial score (nSPS) is 11.9. The van der Waals surface area contributed by atoms with E-state index >= 15 is 0 Å². The van der Waals surface area contributed by atoms with Gasteiger partial charge in [-0.2, -0.15) is 11.8 Å². The van der Waals surface area contributed by atoms with Gasteiger partial charge in [0.25, 0.3) is 17.3 Å². The first-order valence-electron chi connectivity index (χ1n) is 14.4. The number of rotatable bonds is 21. The second-order valence-corrected chi connectivity index (χ2v) is 15.0. The van der Waals surface area contributed by atoms with E-state index < -0.39 is 47.6 Å². The van der Waals surface area contributed by atoms with Crippen molar-refractivity contribution >= 4 is 43.5 Å². The molecule has 0 radical (unpaired) electrons. The molecule has 242 valence electrons. The zero-order valence-electron chi connectivity index (χ0n) is 25.7. The Morgan fingerprint density at radius 3 is 2.14 bits per heavy atom. The fourth-order valence-electron chi connectivity index (χ4n) is 4.09. The minimum Gasteiger partial charge on any atom is -0.494 e. The standard InChI is InChI=1S/C29H42N4O9SSi/c1-5-6-13-30-29(35)27(31-28(34)23-19-24(32(36)37)21-25(20-23)33(38)39)18-22-9-11-26(12-10-22)42-14-7-15-43-16-8-17-44(4,40-2)41-3/h9-12,19-21,27H,5-8,13-18H2,1-4H3,(H,30,35)(H,31,34). The van der Waals surface area contributed by atoms with Crippen molar-refractivity contribution in [3.8, 4) is 5.75 Å². The van der Waals surface area contributed by atoms with E-state index in [0.29, 0.717) is 18.9 Å². The number of carbonyl (C=O) groups excluding carboxylic acids is 2. The summed E-state index contributed by atoms with van der Waals surface area (Å²) in [6.45, 7) is 5.01. The van der Waals surface area contributed by atoms with Crippen molar-refractivity contribution in [2.75, 3.05) is 38.9 Å². The fourth-order valence-corrected chi connectivity index (χ4v) is 6.62. The van der Waals surface area contributed by atoms with Crippen LogP contribution in [0.5, 0.6) is 5.75 Å². The lowest BCUT2D eigenvalue weighted by Crippen LogP contribution is -2.48. The maximum absolute atomic E-state index is 13.0. The van der Waals surface area contributed by atoms with Gasteiger partial charge in [0.2, 0.25) is 5.91 Å². The number of nitro benzene ring substituents is 2. The van der Waals surface area contributed by atoms with Crippen LogP contribution in [0.15, 0.2) is 42.5 Å². The van der Waals surface area contributed by atoms with Crippen LogP contribution in [0.3, 0.4) is 0 Å². The van der Waals surface area contributed by atoms with Gasteiger partial charge in [0, 0.05) is 39.3 Å². The molecule has 2 aromatic carbocycles. The van der Waals surface area contributed by atoms with Crippen LogP contribution in [0.2, 0.25) is 12.6 Å². The third-order valence-corrected chi connectivity index (χ3v) is 11.0. The first kappa shape index (κ1) is 36.7. The summed E-state index contributed by atoms with van der Waals surface area (Å²) >= 11 is 1.87. The predicted octanol–water partition coefficient (Wildman–Crippen LogP) is 5.02. The number of hydrogen-bond donors (Lipinski definition) is 2. The van der Waals surface area contributed by atoms with Crippen LogP contribution in [-0.2, 0) is 20.1 Å². The Labute approximate surface area is 263 Å². The second kappa shape index (κ2) is 19.0. The first-order chi connectivity index (χ1) is 21.0. The van der Waals surface area contributed by atoms with Gasteiger partial charge in [-0.3, -0.25) is 29.8 Å². The van der Waals surface area contributed by atoms with Crippen molar-refractivity contribution in [2.45, 2.75) is 57.7 Å². The van der Waals surface area contributed by atoms with E-state index in [4.69, 9.17) is 13.6 Å². The fraction of sp³-hybridized carbons (Fsp3) is 0.517. The number of nitrogens with zero attached hydrogens (tertiary/aromatic N) is 2. The predicted molar refractivity (Wildman–Crippen MR) is 172 cm³/mol. The van der Waals surface area contributed by atoms with Crippen LogP contribution in [0, 0.1) is 20.2 Å². The third-order valence-electron chi connectivity index (χ3n) is 6.89. The van der Waals surface area contributed by atoms with Crippen molar-refractivity contribution in [1.29, 1.82) is 0 Å². The largest absolute Gasteiger partial charge is 0.494 e. The monoisotopic (exact) mass is 650 g/mol. The molecule has 0 spiro atoms. The van der Waals surface area contributed by atoms with E-state index in [1.54, 1.807) is 38.5 Å². The van der Waals surface area contributed by atoms with Crippen LogP contribution in [-0.4, -0.2) is 75.1 Å². The molecular formula is C29H42N4O9SSi. The Morgan fingerprint density at radius 1 is 0.955 bits per heavy atom. The maximum atomic E-state index is 13.0. The lowest BCUT2D eigenvalue weighted by molar-refractivity contribution is -0.394. The zero-order chi connectivity index (χ0) is 32.5. The average molecular weight is 651 g/mol. The summed E-state index contributed by atoms with van der Waals surface area (Å²) in [5.74, 6) is 1.42. The number of hydrogen-bond acceptors (Lipinski definition) is 10. The van der Waals surface area contributed by atoms with Crippen molar-refractivity contribution < 1.29 is 33.0 Å². The van der Waals surface area contributed by atoms with E-state index in [1.807, 2.05) is 18.7 Å². The summed E-state index contributed by atoms with van der Waals surface area (Å²) in [7, 11) is 1.40. The highest BCUT2D eigenvalue weighted by molar-refractivity contribution is 7.99. The molecule has 0 fully saturated rings. The molecule has 0 saturated heterocycles. The van der Waals surface area contributed by atoms with Crippen LogP contribution in [0.25, 0.3) is 0 Å². The number of amides is 2.